The minimum atomic E-state index is -2.72. The van der Waals surface area contributed by atoms with Gasteiger partial charge in [0.15, 0.2) is 0 Å². The third-order valence-electron chi connectivity index (χ3n) is 10.9. The summed E-state index contributed by atoms with van der Waals surface area (Å²) in [6, 6.07) is 45.9. The molecule has 1 aromatic heterocycles. The zero-order chi connectivity index (χ0) is 39.0. The molecule has 7 rings (SSSR count). The molecule has 1 amide bonds. The summed E-state index contributed by atoms with van der Waals surface area (Å²) >= 11 is 0. The smallest absolute Gasteiger partial charge is 0.319 e. The molecular weight excluding hydrogens is 713 g/mol. The largest absolute Gasteiger partial charge is 0.534 e. The maximum atomic E-state index is 13.2. The summed E-state index contributed by atoms with van der Waals surface area (Å²) in [5.74, 6) is 1.59. The number of ether oxygens (including phenoxy) is 1. The molecule has 8 nitrogen and oxygen atoms in total. The molecule has 1 saturated heterocycles. The topological polar surface area (TPSA) is 98.8 Å². The number of piperidine rings is 1. The van der Waals surface area contributed by atoms with Crippen LogP contribution in [0.25, 0.3) is 10.9 Å². The van der Waals surface area contributed by atoms with E-state index in [0.29, 0.717) is 18.3 Å². The zero-order valence-corrected chi connectivity index (χ0v) is 33.7. The number of anilines is 1. The number of carbonyl (C=O) groups is 1. The Hall–Kier alpha value is -5.35. The molecule has 2 heterocycles. The van der Waals surface area contributed by atoms with Crippen molar-refractivity contribution in [2.45, 2.75) is 57.2 Å². The van der Waals surface area contributed by atoms with Crippen LogP contribution in [0.1, 0.15) is 49.5 Å². The number of amides is 1. The number of H-pyrrole nitrogens is 1. The van der Waals surface area contributed by atoms with Crippen molar-refractivity contribution in [1.82, 2.24) is 15.2 Å². The van der Waals surface area contributed by atoms with E-state index in [1.54, 1.807) is 0 Å². The maximum absolute atomic E-state index is 13.2. The lowest BCUT2D eigenvalue weighted by molar-refractivity contribution is 0.0720. The number of hydrogen-bond donors (Lipinski definition) is 4. The molecule has 0 bridgehead atoms. The van der Waals surface area contributed by atoms with Crippen LogP contribution < -0.4 is 30.2 Å². The number of nitrogens with one attached hydrogen (secondary N) is 3. The lowest BCUT2D eigenvalue weighted by Gasteiger charge is -2.43. The molecule has 0 radical (unpaired) electrons. The average molecular weight is 767 g/mol. The van der Waals surface area contributed by atoms with Crippen molar-refractivity contribution in [3.63, 3.8) is 0 Å². The van der Waals surface area contributed by atoms with Crippen LogP contribution in [-0.4, -0.2) is 74.1 Å². The van der Waals surface area contributed by atoms with Gasteiger partial charge in [-0.15, -0.1) is 0 Å². The molecule has 1 aliphatic rings. The highest BCUT2D eigenvalue weighted by Crippen LogP contribution is 2.38. The van der Waals surface area contributed by atoms with E-state index in [1.807, 2.05) is 59.6 Å². The Balaban J connectivity index is 0.826. The summed E-state index contributed by atoms with van der Waals surface area (Å²) in [7, 11) is -2.72. The molecule has 9 heteroatoms. The van der Waals surface area contributed by atoms with Gasteiger partial charge in [0, 0.05) is 48.5 Å². The van der Waals surface area contributed by atoms with Crippen molar-refractivity contribution in [2.24, 2.45) is 0 Å². The Morgan fingerprint density at radius 2 is 1.43 bits per heavy atom. The number of aliphatic hydroxyl groups is 1. The molecular formula is C47H54N4O4Si. The van der Waals surface area contributed by atoms with Gasteiger partial charge < -0.3 is 34.8 Å². The Bertz CT molecular complexity index is 2100. The highest BCUT2D eigenvalue weighted by molar-refractivity contribution is 7.00. The molecule has 4 N–H and O–H groups in total. The Kier molecular flexibility index (Phi) is 12.2. The van der Waals surface area contributed by atoms with Crippen LogP contribution in [0.2, 0.25) is 5.04 Å². The predicted octanol–water partition coefficient (Wildman–Crippen LogP) is 7.40. The summed E-state index contributed by atoms with van der Waals surface area (Å²) < 4.78 is 13.1. The minimum absolute atomic E-state index is 0.0995. The first-order valence-corrected chi connectivity index (χ1v) is 21.7. The minimum Gasteiger partial charge on any atom is -0.534 e. The second kappa shape index (κ2) is 17.6. The van der Waals surface area contributed by atoms with E-state index in [-0.39, 0.29) is 17.6 Å². The van der Waals surface area contributed by atoms with Gasteiger partial charge in [-0.2, -0.15) is 0 Å². The quantitative estimate of drug-likeness (QED) is 0.0643. The van der Waals surface area contributed by atoms with Gasteiger partial charge in [-0.05, 0) is 89.2 Å². The van der Waals surface area contributed by atoms with Crippen molar-refractivity contribution in [3.05, 3.63) is 151 Å². The first-order valence-electron chi connectivity index (χ1n) is 19.8. The number of para-hydroxylation sites is 1. The molecule has 56 heavy (non-hydrogen) atoms. The first-order chi connectivity index (χ1) is 27.2. The lowest BCUT2D eigenvalue weighted by atomic mass is 10.0. The second-order valence-electron chi connectivity index (χ2n) is 15.8. The van der Waals surface area contributed by atoms with Crippen LogP contribution in [0, 0.1) is 0 Å². The number of aromatic nitrogens is 1. The first kappa shape index (κ1) is 38.9. The van der Waals surface area contributed by atoms with Gasteiger partial charge in [0.25, 0.3) is 5.91 Å². The van der Waals surface area contributed by atoms with Crippen molar-refractivity contribution >= 4 is 41.2 Å². The van der Waals surface area contributed by atoms with Gasteiger partial charge in [-0.1, -0.05) is 112 Å². The van der Waals surface area contributed by atoms with E-state index in [0.717, 1.165) is 66.8 Å². The zero-order valence-electron chi connectivity index (χ0n) is 32.7. The molecule has 5 aromatic carbocycles. The monoisotopic (exact) mass is 766 g/mol. The fourth-order valence-electron chi connectivity index (χ4n) is 7.83. The number of rotatable bonds is 15. The van der Waals surface area contributed by atoms with Crippen LogP contribution in [0.15, 0.2) is 140 Å². The summed E-state index contributed by atoms with van der Waals surface area (Å²) in [5.41, 5.74) is 4.07. The highest BCUT2D eigenvalue weighted by atomic mass is 28.4. The number of hydrogen-bond acceptors (Lipinski definition) is 6. The van der Waals surface area contributed by atoms with E-state index in [1.165, 1.54) is 15.9 Å². The molecule has 0 aliphatic carbocycles. The fourth-order valence-corrected chi connectivity index (χ4v) is 12.3. The van der Waals surface area contributed by atoms with E-state index < -0.39 is 14.4 Å². The van der Waals surface area contributed by atoms with E-state index >= 15 is 0 Å². The second-order valence-corrected chi connectivity index (χ2v) is 20.0. The molecule has 290 valence electrons. The molecule has 1 atom stereocenters. The molecule has 0 spiro atoms. The van der Waals surface area contributed by atoms with Crippen molar-refractivity contribution in [3.8, 4) is 11.5 Å². The summed E-state index contributed by atoms with van der Waals surface area (Å²) in [6.07, 6.45) is 3.87. The third kappa shape index (κ3) is 9.02. The summed E-state index contributed by atoms with van der Waals surface area (Å²) in [5, 5.41) is 21.0. The van der Waals surface area contributed by atoms with Gasteiger partial charge in [-0.25, -0.2) is 0 Å². The van der Waals surface area contributed by atoms with Crippen LogP contribution in [0.3, 0.4) is 0 Å². The molecule has 6 aromatic rings. The fraction of sp³-hybridized carbons (Fsp3) is 0.298. The van der Waals surface area contributed by atoms with Gasteiger partial charge in [0.1, 0.15) is 24.2 Å². The average Bonchev–Trinajstić information content (AvgIpc) is 3.66. The van der Waals surface area contributed by atoms with E-state index in [4.69, 9.17) is 9.16 Å². The normalized spacial score (nSPS) is 14.4. The summed E-state index contributed by atoms with van der Waals surface area (Å²) in [6.45, 7) is 9.67. The molecule has 1 fully saturated rings. The Morgan fingerprint density at radius 1 is 0.821 bits per heavy atom. The van der Waals surface area contributed by atoms with Gasteiger partial charge in [0.05, 0.1) is 5.56 Å². The SMILES string of the molecule is CC(C)(C)[Si](Oc1ccc(OC[C@@H](O)CNCCc2ccc(NC3CCN(C(=O)c4c[nH]c5ccccc45)CC3)cc2)cc1)(c1ccccc1)c1ccccc1. The molecule has 0 unspecified atom stereocenters. The van der Waals surface area contributed by atoms with Gasteiger partial charge >= 0.3 is 8.32 Å². The predicted molar refractivity (Wildman–Crippen MR) is 230 cm³/mol. The van der Waals surface area contributed by atoms with Crippen LogP contribution in [0.5, 0.6) is 11.5 Å². The lowest BCUT2D eigenvalue weighted by Crippen LogP contribution is -2.68. The van der Waals surface area contributed by atoms with Gasteiger partial charge in [-0.3, -0.25) is 4.79 Å². The van der Waals surface area contributed by atoms with Crippen molar-refractivity contribution in [1.29, 1.82) is 0 Å². The van der Waals surface area contributed by atoms with Crippen LogP contribution in [-0.2, 0) is 6.42 Å². The standard InChI is InChI=1S/C47H54N4O4Si/c1-47(2,3)56(41-12-6-4-7-13-41,42-14-8-5-9-15-42)55-40-24-22-39(23-25-40)54-34-38(52)32-48-29-26-35-18-20-36(21-19-35)50-37-27-30-51(31-28-37)46(53)44-33-49-45-17-11-10-16-43(44)45/h4-25,33,37-38,48-50,52H,26-32,34H2,1-3H3/t38-/m0/s1. The number of carbonyl (C=O) groups excluding carboxylic acids is 1. The Labute approximate surface area is 332 Å². The number of nitrogens with zero attached hydrogens (tertiary/aromatic N) is 1. The number of aromatic amines is 1. The van der Waals surface area contributed by atoms with Crippen molar-refractivity contribution < 1.29 is 19.1 Å². The number of benzene rings is 5. The Morgan fingerprint density at radius 3 is 2.07 bits per heavy atom. The van der Waals surface area contributed by atoms with Gasteiger partial charge in [0.2, 0.25) is 0 Å². The number of fused-ring (bicyclic) bond motifs is 1. The third-order valence-corrected chi connectivity index (χ3v) is 15.8. The maximum Gasteiger partial charge on any atom is 0.319 e. The van der Waals surface area contributed by atoms with Crippen LogP contribution >= 0.6 is 0 Å². The number of aliphatic hydroxyl groups excluding tert-OH is 1. The number of likely N-dealkylation sites (tertiary alicyclic amines) is 1. The van der Waals surface area contributed by atoms with Crippen LogP contribution in [0.4, 0.5) is 5.69 Å². The van der Waals surface area contributed by atoms with E-state index in [2.05, 4.69) is 121 Å². The molecule has 1 aliphatic heterocycles. The van der Waals surface area contributed by atoms with Crippen molar-refractivity contribution in [2.75, 3.05) is 38.1 Å². The van der Waals surface area contributed by atoms with E-state index in [9.17, 15) is 9.90 Å². The highest BCUT2D eigenvalue weighted by Gasteiger charge is 2.52. The summed E-state index contributed by atoms with van der Waals surface area (Å²) in [4.78, 5) is 18.4. The molecule has 0 saturated carbocycles.